The summed E-state index contributed by atoms with van der Waals surface area (Å²) >= 11 is 5.80. The van der Waals surface area contributed by atoms with Gasteiger partial charge in [-0.1, -0.05) is 41.9 Å². The SMILES string of the molecule is O=C(NCCS(=O)(=O)N1CCN(Cc2ccccc2)CC1)c1ccc(Cl)cc1. The molecule has 0 aliphatic carbocycles. The van der Waals surface area contributed by atoms with Crippen molar-refractivity contribution in [1.29, 1.82) is 0 Å². The van der Waals surface area contributed by atoms with Crippen molar-refractivity contribution in [3.05, 3.63) is 70.7 Å². The highest BCUT2D eigenvalue weighted by Crippen LogP contribution is 2.12. The molecule has 2 aromatic rings. The Morgan fingerprint density at radius 2 is 1.61 bits per heavy atom. The zero-order chi connectivity index (χ0) is 20.0. The Kier molecular flexibility index (Phi) is 7.07. The van der Waals surface area contributed by atoms with Crippen molar-refractivity contribution in [2.45, 2.75) is 6.54 Å². The monoisotopic (exact) mass is 421 g/mol. The minimum absolute atomic E-state index is 0.0774. The summed E-state index contributed by atoms with van der Waals surface area (Å²) in [4.78, 5) is 14.3. The average Bonchev–Trinajstić information content (AvgIpc) is 2.69. The van der Waals surface area contributed by atoms with Crippen LogP contribution in [0.3, 0.4) is 0 Å². The Balaban J connectivity index is 1.43. The molecule has 0 radical (unpaired) electrons. The standard InChI is InChI=1S/C20H24ClN3O3S/c21-19-8-6-18(7-9-19)20(25)22-10-15-28(26,27)24-13-11-23(12-14-24)16-17-4-2-1-3-5-17/h1-9H,10-16H2,(H,22,25). The number of nitrogens with one attached hydrogen (secondary N) is 1. The first-order valence-electron chi connectivity index (χ1n) is 9.22. The molecule has 0 bridgehead atoms. The van der Waals surface area contributed by atoms with E-state index in [1.54, 1.807) is 24.3 Å². The van der Waals surface area contributed by atoms with Crippen molar-refractivity contribution in [3.63, 3.8) is 0 Å². The Bertz CT molecular complexity index is 881. The Morgan fingerprint density at radius 3 is 2.25 bits per heavy atom. The second-order valence-electron chi connectivity index (χ2n) is 6.74. The maximum absolute atomic E-state index is 12.6. The van der Waals surface area contributed by atoms with Crippen LogP contribution in [0.4, 0.5) is 0 Å². The van der Waals surface area contributed by atoms with Crippen LogP contribution >= 0.6 is 11.6 Å². The number of rotatable bonds is 7. The van der Waals surface area contributed by atoms with Gasteiger partial charge in [0.25, 0.3) is 5.91 Å². The number of nitrogens with zero attached hydrogens (tertiary/aromatic N) is 2. The molecule has 0 atom stereocenters. The third kappa shape index (κ3) is 5.78. The minimum atomic E-state index is -3.39. The van der Waals surface area contributed by atoms with Crippen molar-refractivity contribution in [1.82, 2.24) is 14.5 Å². The van der Waals surface area contributed by atoms with Crippen molar-refractivity contribution in [2.75, 3.05) is 38.5 Å². The van der Waals surface area contributed by atoms with Crippen LogP contribution in [-0.2, 0) is 16.6 Å². The predicted octanol–water partition coefficient (Wildman–Crippen LogP) is 2.22. The van der Waals surface area contributed by atoms with Gasteiger partial charge in [-0.15, -0.1) is 0 Å². The number of hydrogen-bond donors (Lipinski definition) is 1. The van der Waals surface area contributed by atoms with E-state index in [-0.39, 0.29) is 18.2 Å². The van der Waals surface area contributed by atoms with Crippen LogP contribution in [0.15, 0.2) is 54.6 Å². The third-order valence-electron chi connectivity index (χ3n) is 4.73. The summed E-state index contributed by atoms with van der Waals surface area (Å²) in [7, 11) is -3.39. The van der Waals surface area contributed by atoms with E-state index < -0.39 is 10.0 Å². The second kappa shape index (κ2) is 9.52. The van der Waals surface area contributed by atoms with Gasteiger partial charge < -0.3 is 5.32 Å². The zero-order valence-corrected chi connectivity index (χ0v) is 17.1. The molecule has 3 rings (SSSR count). The van der Waals surface area contributed by atoms with E-state index >= 15 is 0 Å². The number of sulfonamides is 1. The fourth-order valence-corrected chi connectivity index (χ4v) is 4.60. The predicted molar refractivity (Wildman–Crippen MR) is 111 cm³/mol. The van der Waals surface area contributed by atoms with Gasteiger partial charge >= 0.3 is 0 Å². The lowest BCUT2D eigenvalue weighted by atomic mass is 10.2. The molecule has 0 spiro atoms. The van der Waals surface area contributed by atoms with Crippen LogP contribution in [0.1, 0.15) is 15.9 Å². The summed E-state index contributed by atoms with van der Waals surface area (Å²) in [6.07, 6.45) is 0. The highest BCUT2D eigenvalue weighted by atomic mass is 35.5. The molecule has 1 fully saturated rings. The largest absolute Gasteiger partial charge is 0.351 e. The Labute approximate surface area is 171 Å². The lowest BCUT2D eigenvalue weighted by Crippen LogP contribution is -2.49. The molecule has 0 unspecified atom stereocenters. The number of benzene rings is 2. The molecule has 1 amide bonds. The molecule has 1 aliphatic rings. The molecule has 1 saturated heterocycles. The molecular weight excluding hydrogens is 398 g/mol. The van der Waals surface area contributed by atoms with E-state index in [2.05, 4.69) is 22.3 Å². The van der Waals surface area contributed by atoms with Gasteiger partial charge in [-0.05, 0) is 29.8 Å². The maximum atomic E-state index is 12.6. The quantitative estimate of drug-likeness (QED) is 0.744. The van der Waals surface area contributed by atoms with Crippen molar-refractivity contribution in [2.24, 2.45) is 0 Å². The molecule has 28 heavy (non-hydrogen) atoms. The molecule has 6 nitrogen and oxygen atoms in total. The molecule has 8 heteroatoms. The average molecular weight is 422 g/mol. The summed E-state index contributed by atoms with van der Waals surface area (Å²) in [5.74, 6) is -0.412. The number of carbonyl (C=O) groups excluding carboxylic acids is 1. The van der Waals surface area contributed by atoms with E-state index in [1.807, 2.05) is 18.2 Å². The van der Waals surface area contributed by atoms with Crippen molar-refractivity contribution < 1.29 is 13.2 Å². The minimum Gasteiger partial charge on any atom is -0.351 e. The Hall–Kier alpha value is -1.93. The highest BCUT2D eigenvalue weighted by molar-refractivity contribution is 7.89. The number of hydrogen-bond acceptors (Lipinski definition) is 4. The van der Waals surface area contributed by atoms with E-state index in [0.29, 0.717) is 36.8 Å². The topological polar surface area (TPSA) is 69.7 Å². The number of piperazine rings is 1. The first-order valence-corrected chi connectivity index (χ1v) is 11.2. The summed E-state index contributed by atoms with van der Waals surface area (Å²) < 4.78 is 26.6. The van der Waals surface area contributed by atoms with E-state index in [4.69, 9.17) is 11.6 Å². The van der Waals surface area contributed by atoms with Crippen LogP contribution in [-0.4, -0.2) is 62.0 Å². The number of amides is 1. The molecule has 0 saturated carbocycles. The van der Waals surface area contributed by atoms with E-state index in [0.717, 1.165) is 6.54 Å². The molecule has 2 aromatic carbocycles. The van der Waals surface area contributed by atoms with Crippen molar-refractivity contribution in [3.8, 4) is 0 Å². The second-order valence-corrected chi connectivity index (χ2v) is 9.26. The van der Waals surface area contributed by atoms with Crippen LogP contribution in [0.25, 0.3) is 0 Å². The molecule has 0 aromatic heterocycles. The van der Waals surface area contributed by atoms with Gasteiger partial charge in [0.15, 0.2) is 0 Å². The third-order valence-corrected chi connectivity index (χ3v) is 6.85. The molecule has 1 N–H and O–H groups in total. The van der Waals surface area contributed by atoms with E-state index in [9.17, 15) is 13.2 Å². The highest BCUT2D eigenvalue weighted by Gasteiger charge is 2.26. The van der Waals surface area contributed by atoms with Crippen LogP contribution in [0.5, 0.6) is 0 Å². The normalized spacial score (nSPS) is 16.0. The van der Waals surface area contributed by atoms with Gasteiger partial charge in [0.05, 0.1) is 5.75 Å². The van der Waals surface area contributed by atoms with Gasteiger partial charge in [-0.2, -0.15) is 4.31 Å². The lowest BCUT2D eigenvalue weighted by Gasteiger charge is -2.34. The fourth-order valence-electron chi connectivity index (χ4n) is 3.13. The first-order chi connectivity index (χ1) is 13.4. The van der Waals surface area contributed by atoms with Crippen LogP contribution in [0.2, 0.25) is 5.02 Å². The number of halogens is 1. The molecule has 150 valence electrons. The first kappa shape index (κ1) is 20.8. The summed E-state index contributed by atoms with van der Waals surface area (Å²) in [6.45, 7) is 3.25. The van der Waals surface area contributed by atoms with Gasteiger partial charge in [-0.25, -0.2) is 8.42 Å². The molecule has 1 heterocycles. The summed E-state index contributed by atoms with van der Waals surface area (Å²) in [5, 5.41) is 3.20. The van der Waals surface area contributed by atoms with E-state index in [1.165, 1.54) is 9.87 Å². The van der Waals surface area contributed by atoms with Gasteiger partial charge in [0.1, 0.15) is 0 Å². The van der Waals surface area contributed by atoms with Crippen molar-refractivity contribution >= 4 is 27.5 Å². The molecular formula is C20H24ClN3O3S. The lowest BCUT2D eigenvalue weighted by molar-refractivity contribution is 0.0956. The Morgan fingerprint density at radius 1 is 0.964 bits per heavy atom. The number of carbonyl (C=O) groups is 1. The van der Waals surface area contributed by atoms with Gasteiger partial charge in [0, 0.05) is 49.9 Å². The summed E-state index contributed by atoms with van der Waals surface area (Å²) in [5.41, 5.74) is 1.68. The van der Waals surface area contributed by atoms with Crippen LogP contribution < -0.4 is 5.32 Å². The zero-order valence-electron chi connectivity index (χ0n) is 15.6. The van der Waals surface area contributed by atoms with Gasteiger partial charge in [0.2, 0.25) is 10.0 Å². The molecule has 1 aliphatic heterocycles. The fraction of sp³-hybridized carbons (Fsp3) is 0.350. The van der Waals surface area contributed by atoms with Gasteiger partial charge in [-0.3, -0.25) is 9.69 Å². The maximum Gasteiger partial charge on any atom is 0.251 e. The van der Waals surface area contributed by atoms with Crippen LogP contribution in [0, 0.1) is 0 Å². The smallest absolute Gasteiger partial charge is 0.251 e. The summed E-state index contributed by atoms with van der Waals surface area (Å²) in [6, 6.07) is 16.6.